The van der Waals surface area contributed by atoms with E-state index in [1.807, 2.05) is 6.07 Å². The van der Waals surface area contributed by atoms with Crippen LogP contribution in [0.4, 0.5) is 0 Å². The Balaban J connectivity index is 1.87. The van der Waals surface area contributed by atoms with Gasteiger partial charge < -0.3 is 10.6 Å². The number of nitrogens with one attached hydrogen (secondary N) is 2. The van der Waals surface area contributed by atoms with Crippen molar-refractivity contribution in [1.29, 1.82) is 0 Å². The first-order valence-corrected chi connectivity index (χ1v) is 7.76. The zero-order chi connectivity index (χ0) is 14.4. The Labute approximate surface area is 122 Å². The van der Waals surface area contributed by atoms with Gasteiger partial charge >= 0.3 is 0 Å². The normalized spacial score (nSPS) is 24.1. The van der Waals surface area contributed by atoms with E-state index < -0.39 is 0 Å². The van der Waals surface area contributed by atoms with Gasteiger partial charge in [-0.05, 0) is 44.7 Å². The van der Waals surface area contributed by atoms with E-state index >= 15 is 0 Å². The summed E-state index contributed by atoms with van der Waals surface area (Å²) in [5, 5.41) is 6.63. The van der Waals surface area contributed by atoms with Gasteiger partial charge in [0.15, 0.2) is 0 Å². The summed E-state index contributed by atoms with van der Waals surface area (Å²) in [6.07, 6.45) is 3.80. The van der Waals surface area contributed by atoms with Crippen molar-refractivity contribution in [2.45, 2.75) is 51.6 Å². The lowest BCUT2D eigenvalue weighted by Gasteiger charge is -2.28. The molecule has 1 aromatic carbocycles. The number of benzene rings is 1. The van der Waals surface area contributed by atoms with Crippen molar-refractivity contribution in [2.75, 3.05) is 6.54 Å². The standard InChI is InChI=1S/C17H26N2O/c1-3-16(12-14-7-5-4-6-8-14)19-17(20)15-9-10-18-13(2)11-15/h4-8,13,15-16,18H,3,9-12H2,1-2H3,(H,19,20)/t13-,15-,16?/m0/s1. The summed E-state index contributed by atoms with van der Waals surface area (Å²) in [6, 6.07) is 11.1. The third-order valence-corrected chi connectivity index (χ3v) is 4.16. The molecule has 1 aliphatic rings. The molecule has 1 aliphatic heterocycles. The lowest BCUT2D eigenvalue weighted by atomic mass is 9.92. The van der Waals surface area contributed by atoms with Gasteiger partial charge in [0.2, 0.25) is 5.91 Å². The number of rotatable bonds is 5. The highest BCUT2D eigenvalue weighted by atomic mass is 16.1. The SMILES string of the molecule is CCC(Cc1ccccc1)NC(=O)[C@H]1CCN[C@@H](C)C1. The molecule has 1 saturated heterocycles. The summed E-state index contributed by atoms with van der Waals surface area (Å²) in [5.41, 5.74) is 1.29. The third kappa shape index (κ3) is 4.34. The molecular weight excluding hydrogens is 248 g/mol. The molecule has 2 rings (SSSR count). The van der Waals surface area contributed by atoms with Gasteiger partial charge in [0, 0.05) is 18.0 Å². The van der Waals surface area contributed by atoms with E-state index in [2.05, 4.69) is 48.7 Å². The predicted octanol–water partition coefficient (Wildman–Crippen LogP) is 2.51. The molecule has 0 saturated carbocycles. The smallest absolute Gasteiger partial charge is 0.223 e. The van der Waals surface area contributed by atoms with Crippen LogP contribution in [0.25, 0.3) is 0 Å². The third-order valence-electron chi connectivity index (χ3n) is 4.16. The van der Waals surface area contributed by atoms with Crippen LogP contribution < -0.4 is 10.6 Å². The first kappa shape index (κ1) is 15.0. The quantitative estimate of drug-likeness (QED) is 0.866. The maximum atomic E-state index is 12.4. The van der Waals surface area contributed by atoms with Gasteiger partial charge in [-0.2, -0.15) is 0 Å². The molecule has 0 aromatic heterocycles. The zero-order valence-electron chi connectivity index (χ0n) is 12.6. The van der Waals surface area contributed by atoms with Crippen molar-refractivity contribution in [1.82, 2.24) is 10.6 Å². The molecule has 0 spiro atoms. The summed E-state index contributed by atoms with van der Waals surface area (Å²) >= 11 is 0. The van der Waals surface area contributed by atoms with Crippen molar-refractivity contribution in [2.24, 2.45) is 5.92 Å². The summed E-state index contributed by atoms with van der Waals surface area (Å²) < 4.78 is 0. The molecule has 3 nitrogen and oxygen atoms in total. The highest BCUT2D eigenvalue weighted by molar-refractivity contribution is 5.79. The molecule has 3 atom stereocenters. The van der Waals surface area contributed by atoms with Crippen LogP contribution in [0.3, 0.4) is 0 Å². The van der Waals surface area contributed by atoms with Crippen LogP contribution in [-0.2, 0) is 11.2 Å². The molecule has 110 valence electrons. The maximum Gasteiger partial charge on any atom is 0.223 e. The van der Waals surface area contributed by atoms with Gasteiger partial charge in [0.25, 0.3) is 0 Å². The Kier molecular flexibility index (Phi) is 5.60. The lowest BCUT2D eigenvalue weighted by Crippen LogP contribution is -2.45. The van der Waals surface area contributed by atoms with Gasteiger partial charge in [0.1, 0.15) is 0 Å². The molecule has 1 unspecified atom stereocenters. The number of amides is 1. The first-order valence-electron chi connectivity index (χ1n) is 7.76. The Morgan fingerprint density at radius 2 is 2.15 bits per heavy atom. The zero-order valence-corrected chi connectivity index (χ0v) is 12.6. The molecule has 1 heterocycles. The van der Waals surface area contributed by atoms with Crippen LogP contribution in [0.2, 0.25) is 0 Å². The van der Waals surface area contributed by atoms with Gasteiger partial charge in [-0.3, -0.25) is 4.79 Å². The second kappa shape index (κ2) is 7.44. The fourth-order valence-corrected chi connectivity index (χ4v) is 2.89. The molecular formula is C17H26N2O. The van der Waals surface area contributed by atoms with E-state index in [0.717, 1.165) is 32.2 Å². The van der Waals surface area contributed by atoms with Gasteiger partial charge in [-0.1, -0.05) is 37.3 Å². The Hall–Kier alpha value is -1.35. The molecule has 20 heavy (non-hydrogen) atoms. The molecule has 1 amide bonds. The molecule has 1 fully saturated rings. The highest BCUT2D eigenvalue weighted by Gasteiger charge is 2.25. The van der Waals surface area contributed by atoms with Crippen molar-refractivity contribution in [3.8, 4) is 0 Å². The predicted molar refractivity (Wildman–Crippen MR) is 82.6 cm³/mol. The average Bonchev–Trinajstić information content (AvgIpc) is 2.47. The average molecular weight is 274 g/mol. The summed E-state index contributed by atoms with van der Waals surface area (Å²) in [7, 11) is 0. The van der Waals surface area contributed by atoms with Crippen LogP contribution in [-0.4, -0.2) is 24.5 Å². The van der Waals surface area contributed by atoms with Crippen molar-refractivity contribution < 1.29 is 4.79 Å². The van der Waals surface area contributed by atoms with Crippen LogP contribution in [0.15, 0.2) is 30.3 Å². The number of piperidine rings is 1. The van der Waals surface area contributed by atoms with E-state index in [1.165, 1.54) is 5.56 Å². The number of carbonyl (C=O) groups excluding carboxylic acids is 1. The first-order chi connectivity index (χ1) is 9.69. The van der Waals surface area contributed by atoms with E-state index in [1.54, 1.807) is 0 Å². The fourth-order valence-electron chi connectivity index (χ4n) is 2.89. The second-order valence-electron chi connectivity index (χ2n) is 5.88. The van der Waals surface area contributed by atoms with E-state index in [-0.39, 0.29) is 17.9 Å². The van der Waals surface area contributed by atoms with Crippen LogP contribution in [0.5, 0.6) is 0 Å². The van der Waals surface area contributed by atoms with Crippen LogP contribution in [0, 0.1) is 5.92 Å². The number of hydrogen-bond donors (Lipinski definition) is 2. The van der Waals surface area contributed by atoms with E-state index in [9.17, 15) is 4.79 Å². The summed E-state index contributed by atoms with van der Waals surface area (Å²) in [6.45, 7) is 5.24. The topological polar surface area (TPSA) is 41.1 Å². The van der Waals surface area contributed by atoms with E-state index in [0.29, 0.717) is 6.04 Å². The second-order valence-corrected chi connectivity index (χ2v) is 5.88. The minimum absolute atomic E-state index is 0.177. The van der Waals surface area contributed by atoms with Gasteiger partial charge in [-0.25, -0.2) is 0 Å². The lowest BCUT2D eigenvalue weighted by molar-refractivity contribution is -0.126. The molecule has 0 radical (unpaired) electrons. The fraction of sp³-hybridized carbons (Fsp3) is 0.588. The van der Waals surface area contributed by atoms with Gasteiger partial charge in [0.05, 0.1) is 0 Å². The highest BCUT2D eigenvalue weighted by Crippen LogP contribution is 2.17. The largest absolute Gasteiger partial charge is 0.353 e. The van der Waals surface area contributed by atoms with E-state index in [4.69, 9.17) is 0 Å². The van der Waals surface area contributed by atoms with Crippen LogP contribution in [0.1, 0.15) is 38.7 Å². The Bertz CT molecular complexity index is 418. The Morgan fingerprint density at radius 1 is 1.40 bits per heavy atom. The van der Waals surface area contributed by atoms with Crippen molar-refractivity contribution in [3.05, 3.63) is 35.9 Å². The minimum Gasteiger partial charge on any atom is -0.353 e. The monoisotopic (exact) mass is 274 g/mol. The molecule has 1 aromatic rings. The maximum absolute atomic E-state index is 12.4. The Morgan fingerprint density at radius 3 is 2.80 bits per heavy atom. The summed E-state index contributed by atoms with van der Waals surface area (Å²) in [4.78, 5) is 12.4. The van der Waals surface area contributed by atoms with Crippen LogP contribution >= 0.6 is 0 Å². The molecule has 0 aliphatic carbocycles. The minimum atomic E-state index is 0.177. The number of hydrogen-bond acceptors (Lipinski definition) is 2. The molecule has 2 N–H and O–H groups in total. The molecule has 3 heteroatoms. The van der Waals surface area contributed by atoms with Crippen molar-refractivity contribution in [3.63, 3.8) is 0 Å². The number of carbonyl (C=O) groups is 1. The molecule has 0 bridgehead atoms. The summed E-state index contributed by atoms with van der Waals surface area (Å²) in [5.74, 6) is 0.414. The van der Waals surface area contributed by atoms with Gasteiger partial charge in [-0.15, -0.1) is 0 Å². The van der Waals surface area contributed by atoms with Crippen molar-refractivity contribution >= 4 is 5.91 Å².